The van der Waals surface area contributed by atoms with Crippen LogP contribution in [0.25, 0.3) is 11.5 Å². The van der Waals surface area contributed by atoms with E-state index in [0.717, 1.165) is 5.56 Å². The van der Waals surface area contributed by atoms with E-state index in [2.05, 4.69) is 10.3 Å². The van der Waals surface area contributed by atoms with Crippen molar-refractivity contribution in [3.63, 3.8) is 0 Å². The number of hydrogen-bond donors (Lipinski definition) is 2. The first-order chi connectivity index (χ1) is 11.2. The highest BCUT2D eigenvalue weighted by molar-refractivity contribution is 6.30. The number of furan rings is 1. The van der Waals surface area contributed by atoms with Crippen LogP contribution in [0.1, 0.15) is 17.4 Å². The fraction of sp³-hybridized carbons (Fsp3) is 0.250. The molecule has 0 unspecified atom stereocenters. The first-order valence-electron chi connectivity index (χ1n) is 7.16. The van der Waals surface area contributed by atoms with Gasteiger partial charge in [0.15, 0.2) is 5.76 Å². The molecule has 2 heterocycles. The largest absolute Gasteiger partial charge is 0.457 e. The molecule has 3 rings (SSSR count). The minimum atomic E-state index is -0.232. The van der Waals surface area contributed by atoms with Gasteiger partial charge in [0.25, 0.3) is 0 Å². The zero-order chi connectivity index (χ0) is 16.2. The van der Waals surface area contributed by atoms with Crippen LogP contribution in [0.2, 0.25) is 5.02 Å². The van der Waals surface area contributed by atoms with Crippen LogP contribution in [0.5, 0.6) is 0 Å². The minimum Gasteiger partial charge on any atom is -0.457 e. The Kier molecular flexibility index (Phi) is 4.76. The van der Waals surface area contributed by atoms with Crippen LogP contribution in [-0.4, -0.2) is 31.8 Å². The monoisotopic (exact) mass is 333 g/mol. The van der Waals surface area contributed by atoms with Crippen molar-refractivity contribution < 1.29 is 14.6 Å². The summed E-state index contributed by atoms with van der Waals surface area (Å²) in [6.45, 7) is -0.227. The van der Waals surface area contributed by atoms with Crippen molar-refractivity contribution in [1.29, 1.82) is 0 Å². The molecular weight excluding hydrogens is 318 g/mol. The van der Waals surface area contributed by atoms with Crippen molar-refractivity contribution in [3.8, 4) is 11.5 Å². The molecule has 0 aliphatic rings. The van der Waals surface area contributed by atoms with Gasteiger partial charge in [-0.3, -0.25) is 0 Å². The zero-order valence-corrected chi connectivity index (χ0v) is 13.0. The Hall–Kier alpha value is -2.15. The van der Waals surface area contributed by atoms with Crippen molar-refractivity contribution in [3.05, 3.63) is 58.9 Å². The molecule has 0 bridgehead atoms. The van der Waals surface area contributed by atoms with Gasteiger partial charge in [-0.2, -0.15) is 0 Å². The number of rotatable bonds is 6. The summed E-state index contributed by atoms with van der Waals surface area (Å²) in [6.07, 6.45) is 2.33. The van der Waals surface area contributed by atoms with Crippen LogP contribution in [0.4, 0.5) is 0 Å². The average molecular weight is 334 g/mol. The van der Waals surface area contributed by atoms with Crippen LogP contribution in [0.15, 0.2) is 47.0 Å². The van der Waals surface area contributed by atoms with Crippen molar-refractivity contribution in [2.24, 2.45) is 0 Å². The molecule has 2 N–H and O–H groups in total. The molecule has 0 radical (unpaired) electrons. The van der Waals surface area contributed by atoms with Gasteiger partial charge in [0.05, 0.1) is 18.8 Å². The van der Waals surface area contributed by atoms with E-state index in [4.69, 9.17) is 21.1 Å². The highest BCUT2D eigenvalue weighted by Crippen LogP contribution is 2.22. The Morgan fingerprint density at radius 1 is 1.13 bits per heavy atom. The third kappa shape index (κ3) is 3.61. The third-order valence-electron chi connectivity index (χ3n) is 3.55. The molecular formula is C16H16ClN3O3. The molecule has 1 atom stereocenters. The van der Waals surface area contributed by atoms with Crippen LogP contribution in [0.3, 0.4) is 0 Å². The van der Waals surface area contributed by atoms with Crippen LogP contribution in [0, 0.1) is 0 Å². The summed E-state index contributed by atoms with van der Waals surface area (Å²) in [5.74, 6) is 0.998. The lowest BCUT2D eigenvalue weighted by molar-refractivity contribution is 0.216. The molecule has 23 heavy (non-hydrogen) atoms. The van der Waals surface area contributed by atoms with E-state index >= 15 is 0 Å². The van der Waals surface area contributed by atoms with Crippen molar-refractivity contribution in [1.82, 2.24) is 15.0 Å². The van der Waals surface area contributed by atoms with Gasteiger partial charge >= 0.3 is 0 Å². The van der Waals surface area contributed by atoms with Crippen molar-refractivity contribution in [2.75, 3.05) is 6.61 Å². The molecule has 3 aromatic rings. The molecule has 0 aliphatic carbocycles. The van der Waals surface area contributed by atoms with Gasteiger partial charge < -0.3 is 14.6 Å². The van der Waals surface area contributed by atoms with Gasteiger partial charge in [-0.1, -0.05) is 28.9 Å². The van der Waals surface area contributed by atoms with E-state index in [1.165, 1.54) is 0 Å². The number of aliphatic hydroxyl groups excluding tert-OH is 2. The van der Waals surface area contributed by atoms with Gasteiger partial charge in [-0.25, -0.2) is 4.68 Å². The second-order valence-corrected chi connectivity index (χ2v) is 5.61. The van der Waals surface area contributed by atoms with Gasteiger partial charge in [0, 0.05) is 5.02 Å². The van der Waals surface area contributed by atoms with Gasteiger partial charge in [-0.05, 0) is 36.2 Å². The number of hydrogen-bond acceptors (Lipinski definition) is 5. The molecule has 0 aliphatic heterocycles. The number of nitrogens with zero attached hydrogens (tertiary/aromatic N) is 3. The van der Waals surface area contributed by atoms with E-state index in [-0.39, 0.29) is 19.3 Å². The molecule has 7 heteroatoms. The second kappa shape index (κ2) is 6.95. The molecule has 0 fully saturated rings. The molecule has 0 saturated carbocycles. The predicted molar refractivity (Wildman–Crippen MR) is 84.9 cm³/mol. The molecule has 1 aromatic carbocycles. The Morgan fingerprint density at radius 2 is 1.91 bits per heavy atom. The summed E-state index contributed by atoms with van der Waals surface area (Å²) >= 11 is 5.88. The SMILES string of the molecule is OCc1ccc(-c2cn([C@@H](CO)Cc3ccc(Cl)cc3)nn2)o1. The van der Waals surface area contributed by atoms with Gasteiger partial charge in [0.2, 0.25) is 0 Å². The summed E-state index contributed by atoms with van der Waals surface area (Å²) in [7, 11) is 0. The lowest BCUT2D eigenvalue weighted by Crippen LogP contribution is -2.16. The summed E-state index contributed by atoms with van der Waals surface area (Å²) < 4.78 is 7.05. The maximum atomic E-state index is 9.65. The quantitative estimate of drug-likeness (QED) is 0.724. The summed E-state index contributed by atoms with van der Waals surface area (Å²) in [4.78, 5) is 0. The smallest absolute Gasteiger partial charge is 0.156 e. The zero-order valence-electron chi connectivity index (χ0n) is 12.3. The standard InChI is InChI=1S/C16H16ClN3O3/c17-12-3-1-11(2-4-12)7-13(9-21)20-8-15(18-19-20)16-6-5-14(10-22)23-16/h1-6,8,13,21-22H,7,9-10H2/t13-/m1/s1. The highest BCUT2D eigenvalue weighted by atomic mass is 35.5. The van der Waals surface area contributed by atoms with Crippen molar-refractivity contribution >= 4 is 11.6 Å². The Labute approximate surface area is 137 Å². The lowest BCUT2D eigenvalue weighted by atomic mass is 10.1. The maximum absolute atomic E-state index is 9.65. The van der Waals surface area contributed by atoms with Crippen molar-refractivity contribution in [2.45, 2.75) is 19.1 Å². The molecule has 0 amide bonds. The maximum Gasteiger partial charge on any atom is 0.156 e. The fourth-order valence-electron chi connectivity index (χ4n) is 2.30. The van der Waals surface area contributed by atoms with Gasteiger partial charge in [-0.15, -0.1) is 5.10 Å². The number of benzene rings is 1. The topological polar surface area (TPSA) is 84.3 Å². The van der Waals surface area contributed by atoms with E-state index in [9.17, 15) is 5.11 Å². The lowest BCUT2D eigenvalue weighted by Gasteiger charge is -2.13. The van der Waals surface area contributed by atoms with E-state index in [1.807, 2.05) is 24.3 Å². The molecule has 0 saturated heterocycles. The summed E-state index contributed by atoms with van der Waals surface area (Å²) in [5, 5.41) is 27.5. The Morgan fingerprint density at radius 3 is 2.57 bits per heavy atom. The third-order valence-corrected chi connectivity index (χ3v) is 3.80. The minimum absolute atomic E-state index is 0.0640. The number of aliphatic hydroxyl groups is 2. The molecule has 0 spiro atoms. The highest BCUT2D eigenvalue weighted by Gasteiger charge is 2.15. The van der Waals surface area contributed by atoms with E-state index in [1.54, 1.807) is 23.0 Å². The number of halogens is 1. The van der Waals surface area contributed by atoms with E-state index < -0.39 is 0 Å². The summed E-state index contributed by atoms with van der Waals surface area (Å²) in [6, 6.07) is 10.7. The van der Waals surface area contributed by atoms with Gasteiger partial charge in [0.1, 0.15) is 18.1 Å². The normalized spacial score (nSPS) is 12.5. The Balaban J connectivity index is 1.77. The van der Waals surface area contributed by atoms with E-state index in [0.29, 0.717) is 28.7 Å². The van der Waals surface area contributed by atoms with Crippen LogP contribution in [-0.2, 0) is 13.0 Å². The fourth-order valence-corrected chi connectivity index (χ4v) is 2.43. The summed E-state index contributed by atoms with van der Waals surface area (Å²) in [5.41, 5.74) is 1.60. The first kappa shape index (κ1) is 15.7. The molecule has 120 valence electrons. The first-order valence-corrected chi connectivity index (χ1v) is 7.54. The second-order valence-electron chi connectivity index (χ2n) is 5.17. The average Bonchev–Trinajstić information content (AvgIpc) is 3.23. The van der Waals surface area contributed by atoms with Crippen LogP contribution >= 0.6 is 11.6 Å². The Bertz CT molecular complexity index is 767. The molecule has 2 aromatic heterocycles. The molecule has 6 nitrogen and oxygen atoms in total. The predicted octanol–water partition coefficient (Wildman–Crippen LogP) is 2.46. The number of aromatic nitrogens is 3. The van der Waals surface area contributed by atoms with Crippen LogP contribution < -0.4 is 0 Å².